The standard InChI is InChI=1S/C27H22N2O6/c1-3-13-34-22-7-5-18(16-20(22)28-24(30)9-10-25(28)31)15-19-6-8-23(35-14-4-2)21(17-19)29-26(32)11-12-27(29)33/h3-12,16-17H,1-2,13-15H2. The summed E-state index contributed by atoms with van der Waals surface area (Å²) < 4.78 is 11.3. The van der Waals surface area contributed by atoms with Gasteiger partial charge in [0.2, 0.25) is 0 Å². The minimum Gasteiger partial charge on any atom is -0.487 e. The summed E-state index contributed by atoms with van der Waals surface area (Å²) in [7, 11) is 0. The summed E-state index contributed by atoms with van der Waals surface area (Å²) in [6, 6.07) is 10.4. The summed E-state index contributed by atoms with van der Waals surface area (Å²) in [6.45, 7) is 7.66. The van der Waals surface area contributed by atoms with Crippen LogP contribution in [0, 0.1) is 0 Å². The summed E-state index contributed by atoms with van der Waals surface area (Å²) >= 11 is 0. The van der Waals surface area contributed by atoms with Crippen molar-refractivity contribution >= 4 is 35.0 Å². The maximum absolute atomic E-state index is 12.3. The number of hydrogen-bond donors (Lipinski definition) is 0. The lowest BCUT2D eigenvalue weighted by molar-refractivity contribution is -0.121. The molecule has 2 aliphatic rings. The molecule has 0 saturated carbocycles. The molecule has 0 radical (unpaired) electrons. The molecule has 0 spiro atoms. The number of benzene rings is 2. The molecule has 176 valence electrons. The zero-order valence-corrected chi connectivity index (χ0v) is 18.8. The van der Waals surface area contributed by atoms with Gasteiger partial charge in [0.05, 0.1) is 11.4 Å². The fraction of sp³-hybridized carbons (Fsp3) is 0.111. The summed E-state index contributed by atoms with van der Waals surface area (Å²) in [5, 5.41) is 0. The van der Waals surface area contributed by atoms with Crippen molar-refractivity contribution in [3.8, 4) is 11.5 Å². The smallest absolute Gasteiger partial charge is 0.258 e. The van der Waals surface area contributed by atoms with E-state index >= 15 is 0 Å². The van der Waals surface area contributed by atoms with Crippen LogP contribution in [0.5, 0.6) is 11.5 Å². The largest absolute Gasteiger partial charge is 0.487 e. The Morgan fingerprint density at radius 2 is 1.00 bits per heavy atom. The predicted octanol–water partition coefficient (Wildman–Crippen LogP) is 3.27. The molecule has 0 atom stereocenters. The number of ether oxygens (including phenoxy) is 2. The molecule has 0 N–H and O–H groups in total. The van der Waals surface area contributed by atoms with Crippen molar-refractivity contribution in [2.75, 3.05) is 23.0 Å². The van der Waals surface area contributed by atoms with Gasteiger partial charge < -0.3 is 9.47 Å². The highest BCUT2D eigenvalue weighted by Gasteiger charge is 2.29. The Hall–Kier alpha value is -4.72. The lowest BCUT2D eigenvalue weighted by Crippen LogP contribution is -2.30. The molecule has 0 fully saturated rings. The van der Waals surface area contributed by atoms with Crippen LogP contribution in [0.3, 0.4) is 0 Å². The van der Waals surface area contributed by atoms with Crippen LogP contribution in [0.25, 0.3) is 0 Å². The second-order valence-electron chi connectivity index (χ2n) is 7.67. The Morgan fingerprint density at radius 1 is 0.629 bits per heavy atom. The summed E-state index contributed by atoms with van der Waals surface area (Å²) in [4.78, 5) is 51.3. The molecule has 8 heteroatoms. The first kappa shape index (κ1) is 23.4. The van der Waals surface area contributed by atoms with Gasteiger partial charge >= 0.3 is 0 Å². The van der Waals surface area contributed by atoms with E-state index in [1.807, 2.05) is 12.1 Å². The van der Waals surface area contributed by atoms with Crippen molar-refractivity contribution in [2.24, 2.45) is 0 Å². The summed E-state index contributed by atoms with van der Waals surface area (Å²) in [6.07, 6.45) is 8.35. The Kier molecular flexibility index (Phi) is 6.73. The van der Waals surface area contributed by atoms with Crippen molar-refractivity contribution in [1.82, 2.24) is 0 Å². The minimum absolute atomic E-state index is 0.206. The Balaban J connectivity index is 1.69. The van der Waals surface area contributed by atoms with Crippen molar-refractivity contribution in [1.29, 1.82) is 0 Å². The maximum Gasteiger partial charge on any atom is 0.258 e. The first-order chi connectivity index (χ1) is 16.9. The predicted molar refractivity (Wildman–Crippen MR) is 130 cm³/mol. The summed E-state index contributed by atoms with van der Waals surface area (Å²) in [5.74, 6) is -1.10. The number of amides is 4. The molecule has 0 saturated heterocycles. The first-order valence-electron chi connectivity index (χ1n) is 10.8. The molecule has 2 heterocycles. The molecule has 0 aliphatic carbocycles. The van der Waals surface area contributed by atoms with Gasteiger partial charge in [0.1, 0.15) is 24.7 Å². The van der Waals surface area contributed by atoms with Gasteiger partial charge in [-0.2, -0.15) is 0 Å². The van der Waals surface area contributed by atoms with Gasteiger partial charge in [-0.05, 0) is 41.8 Å². The van der Waals surface area contributed by atoms with Crippen molar-refractivity contribution in [3.63, 3.8) is 0 Å². The van der Waals surface area contributed by atoms with E-state index in [2.05, 4.69) is 13.2 Å². The van der Waals surface area contributed by atoms with Crippen LogP contribution < -0.4 is 19.3 Å². The third-order valence-corrected chi connectivity index (χ3v) is 5.27. The lowest BCUT2D eigenvalue weighted by Gasteiger charge is -2.20. The molecule has 0 aromatic heterocycles. The van der Waals surface area contributed by atoms with Gasteiger partial charge in [0.25, 0.3) is 23.6 Å². The number of hydrogen-bond acceptors (Lipinski definition) is 6. The highest BCUT2D eigenvalue weighted by Crippen LogP contribution is 2.35. The van der Waals surface area contributed by atoms with E-state index in [4.69, 9.17) is 9.47 Å². The number of imide groups is 2. The molecule has 2 aromatic carbocycles. The highest BCUT2D eigenvalue weighted by molar-refractivity contribution is 6.29. The van der Waals surface area contributed by atoms with Crippen LogP contribution in [0.2, 0.25) is 0 Å². The van der Waals surface area contributed by atoms with Gasteiger partial charge in [-0.25, -0.2) is 9.80 Å². The van der Waals surface area contributed by atoms with Crippen LogP contribution in [0.15, 0.2) is 86.0 Å². The molecule has 2 aliphatic heterocycles. The minimum atomic E-state index is -0.458. The second-order valence-corrected chi connectivity index (χ2v) is 7.67. The van der Waals surface area contributed by atoms with E-state index in [9.17, 15) is 19.2 Å². The SMILES string of the molecule is C=CCOc1ccc(Cc2ccc(OCC=C)c(N3C(=O)C=CC3=O)c2)cc1N1C(=O)C=CC1=O. The molecular weight excluding hydrogens is 448 g/mol. The fourth-order valence-corrected chi connectivity index (χ4v) is 3.75. The van der Waals surface area contributed by atoms with E-state index in [0.717, 1.165) is 20.9 Å². The molecule has 0 unspecified atom stereocenters. The number of carbonyl (C=O) groups is 4. The topological polar surface area (TPSA) is 93.2 Å². The van der Waals surface area contributed by atoms with Crippen LogP contribution in [-0.4, -0.2) is 36.8 Å². The third-order valence-electron chi connectivity index (χ3n) is 5.27. The summed E-state index contributed by atoms with van der Waals surface area (Å²) in [5.41, 5.74) is 2.21. The van der Waals surface area contributed by atoms with Crippen molar-refractivity contribution in [2.45, 2.75) is 6.42 Å². The zero-order valence-electron chi connectivity index (χ0n) is 18.8. The molecule has 8 nitrogen and oxygen atoms in total. The molecular formula is C27H22N2O6. The normalized spacial score (nSPS) is 14.7. The second kappa shape index (κ2) is 10.0. The van der Waals surface area contributed by atoms with Crippen LogP contribution in [0.4, 0.5) is 11.4 Å². The van der Waals surface area contributed by atoms with Crippen LogP contribution in [-0.2, 0) is 25.6 Å². The maximum atomic E-state index is 12.3. The van der Waals surface area contributed by atoms with E-state index in [-0.39, 0.29) is 13.2 Å². The van der Waals surface area contributed by atoms with E-state index < -0.39 is 23.6 Å². The fourth-order valence-electron chi connectivity index (χ4n) is 3.75. The van der Waals surface area contributed by atoms with Crippen molar-refractivity contribution in [3.05, 3.63) is 97.1 Å². The highest BCUT2D eigenvalue weighted by atomic mass is 16.5. The number of anilines is 2. The first-order valence-corrected chi connectivity index (χ1v) is 10.8. The average molecular weight is 470 g/mol. The monoisotopic (exact) mass is 470 g/mol. The Morgan fingerprint density at radius 3 is 1.34 bits per heavy atom. The average Bonchev–Trinajstić information content (AvgIpc) is 3.36. The Labute approximate surface area is 202 Å². The van der Waals surface area contributed by atoms with Gasteiger partial charge in [0, 0.05) is 24.3 Å². The van der Waals surface area contributed by atoms with Gasteiger partial charge in [-0.1, -0.05) is 37.4 Å². The van der Waals surface area contributed by atoms with Gasteiger partial charge in [0.15, 0.2) is 0 Å². The zero-order chi connectivity index (χ0) is 24.9. The van der Waals surface area contributed by atoms with Gasteiger partial charge in [-0.3, -0.25) is 19.2 Å². The van der Waals surface area contributed by atoms with E-state index in [1.54, 1.807) is 36.4 Å². The van der Waals surface area contributed by atoms with Gasteiger partial charge in [-0.15, -0.1) is 0 Å². The van der Waals surface area contributed by atoms with E-state index in [1.165, 1.54) is 24.3 Å². The number of rotatable bonds is 10. The number of carbonyl (C=O) groups excluding carboxylic acids is 4. The molecule has 0 bridgehead atoms. The number of nitrogens with zero attached hydrogens (tertiary/aromatic N) is 2. The van der Waals surface area contributed by atoms with E-state index in [0.29, 0.717) is 29.3 Å². The van der Waals surface area contributed by atoms with Crippen LogP contribution in [0.1, 0.15) is 11.1 Å². The third kappa shape index (κ3) is 4.81. The van der Waals surface area contributed by atoms with Crippen LogP contribution >= 0.6 is 0 Å². The van der Waals surface area contributed by atoms with Crippen molar-refractivity contribution < 1.29 is 28.7 Å². The molecule has 35 heavy (non-hydrogen) atoms. The molecule has 2 aromatic rings. The lowest BCUT2D eigenvalue weighted by atomic mass is 10.0. The Bertz CT molecular complexity index is 1170. The molecule has 4 rings (SSSR count). The quantitative estimate of drug-likeness (QED) is 0.391. The molecule has 4 amide bonds.